The summed E-state index contributed by atoms with van der Waals surface area (Å²) in [7, 11) is 1.87. The standard InChI is InChI=1S/C14H21N3O/c1-17(11-13-5-3-7-16-10-13)14(18)8-12-4-2-6-15-9-12/h3,5,7,10,12,15H,2,4,6,8-9,11H2,1H3. The molecule has 0 spiro atoms. The predicted octanol–water partition coefficient (Wildman–Crippen LogP) is 1.43. The van der Waals surface area contributed by atoms with Crippen molar-refractivity contribution in [1.29, 1.82) is 0 Å². The highest BCUT2D eigenvalue weighted by atomic mass is 16.2. The fourth-order valence-electron chi connectivity index (χ4n) is 2.35. The summed E-state index contributed by atoms with van der Waals surface area (Å²) < 4.78 is 0. The van der Waals surface area contributed by atoms with Gasteiger partial charge in [-0.15, -0.1) is 0 Å². The van der Waals surface area contributed by atoms with E-state index in [1.54, 1.807) is 11.1 Å². The summed E-state index contributed by atoms with van der Waals surface area (Å²) in [5.74, 6) is 0.732. The molecule has 0 bridgehead atoms. The average molecular weight is 247 g/mol. The molecule has 1 fully saturated rings. The maximum atomic E-state index is 12.1. The Morgan fingerprint density at radius 2 is 2.50 bits per heavy atom. The van der Waals surface area contributed by atoms with Gasteiger partial charge in [-0.2, -0.15) is 0 Å². The van der Waals surface area contributed by atoms with Crippen molar-refractivity contribution in [2.45, 2.75) is 25.8 Å². The zero-order valence-corrected chi connectivity index (χ0v) is 10.9. The molecule has 0 saturated carbocycles. The lowest BCUT2D eigenvalue weighted by molar-refractivity contribution is -0.131. The van der Waals surface area contributed by atoms with E-state index in [9.17, 15) is 4.79 Å². The van der Waals surface area contributed by atoms with E-state index in [-0.39, 0.29) is 5.91 Å². The van der Waals surface area contributed by atoms with Gasteiger partial charge in [0, 0.05) is 32.4 Å². The van der Waals surface area contributed by atoms with Gasteiger partial charge in [-0.25, -0.2) is 0 Å². The number of amides is 1. The van der Waals surface area contributed by atoms with Crippen molar-refractivity contribution in [3.05, 3.63) is 30.1 Å². The highest BCUT2D eigenvalue weighted by Gasteiger charge is 2.19. The number of piperidine rings is 1. The number of carbonyl (C=O) groups excluding carboxylic acids is 1. The van der Waals surface area contributed by atoms with Crippen LogP contribution < -0.4 is 5.32 Å². The molecular formula is C14H21N3O. The average Bonchev–Trinajstić information content (AvgIpc) is 2.41. The first kappa shape index (κ1) is 13.0. The summed E-state index contributed by atoms with van der Waals surface area (Å²) in [5.41, 5.74) is 1.08. The zero-order chi connectivity index (χ0) is 12.8. The van der Waals surface area contributed by atoms with Gasteiger partial charge in [-0.1, -0.05) is 6.07 Å². The predicted molar refractivity (Wildman–Crippen MR) is 70.9 cm³/mol. The highest BCUT2D eigenvalue weighted by Crippen LogP contribution is 2.15. The van der Waals surface area contributed by atoms with Crippen molar-refractivity contribution in [3.8, 4) is 0 Å². The Bertz CT molecular complexity index is 374. The Kier molecular flexibility index (Phi) is 4.70. The van der Waals surface area contributed by atoms with Crippen LogP contribution in [-0.2, 0) is 11.3 Å². The number of rotatable bonds is 4. The summed E-state index contributed by atoms with van der Waals surface area (Å²) in [4.78, 5) is 18.0. The Labute approximate surface area is 108 Å². The minimum atomic E-state index is 0.229. The monoisotopic (exact) mass is 247 g/mol. The van der Waals surface area contributed by atoms with Crippen LogP contribution in [0.2, 0.25) is 0 Å². The van der Waals surface area contributed by atoms with E-state index in [1.807, 2.05) is 25.4 Å². The molecule has 1 saturated heterocycles. The molecule has 0 aromatic carbocycles. The Hall–Kier alpha value is -1.42. The summed E-state index contributed by atoms with van der Waals surface area (Å²) >= 11 is 0. The van der Waals surface area contributed by atoms with Gasteiger partial charge in [0.05, 0.1) is 0 Å². The molecule has 18 heavy (non-hydrogen) atoms. The third-order valence-electron chi connectivity index (χ3n) is 3.43. The van der Waals surface area contributed by atoms with Gasteiger partial charge < -0.3 is 10.2 Å². The van der Waals surface area contributed by atoms with Crippen LogP contribution in [0.25, 0.3) is 0 Å². The van der Waals surface area contributed by atoms with E-state index in [1.165, 1.54) is 12.8 Å². The van der Waals surface area contributed by atoms with Crippen LogP contribution in [0.5, 0.6) is 0 Å². The molecule has 1 N–H and O–H groups in total. The van der Waals surface area contributed by atoms with Crippen molar-refractivity contribution < 1.29 is 4.79 Å². The number of hydrogen-bond acceptors (Lipinski definition) is 3. The van der Waals surface area contributed by atoms with E-state index in [0.29, 0.717) is 18.9 Å². The van der Waals surface area contributed by atoms with E-state index >= 15 is 0 Å². The SMILES string of the molecule is CN(Cc1cccnc1)C(=O)CC1CCCNC1. The van der Waals surface area contributed by atoms with Crippen LogP contribution in [0.1, 0.15) is 24.8 Å². The van der Waals surface area contributed by atoms with E-state index in [4.69, 9.17) is 0 Å². The topological polar surface area (TPSA) is 45.2 Å². The van der Waals surface area contributed by atoms with E-state index < -0.39 is 0 Å². The highest BCUT2D eigenvalue weighted by molar-refractivity contribution is 5.76. The van der Waals surface area contributed by atoms with Crippen molar-refractivity contribution in [3.63, 3.8) is 0 Å². The van der Waals surface area contributed by atoms with Gasteiger partial charge in [0.1, 0.15) is 0 Å². The molecule has 0 radical (unpaired) electrons. The third-order valence-corrected chi connectivity index (χ3v) is 3.43. The lowest BCUT2D eigenvalue weighted by Crippen LogP contribution is -2.34. The minimum Gasteiger partial charge on any atom is -0.341 e. The zero-order valence-electron chi connectivity index (χ0n) is 10.9. The molecule has 98 valence electrons. The maximum absolute atomic E-state index is 12.1. The lowest BCUT2D eigenvalue weighted by Gasteiger charge is -2.25. The molecule has 2 heterocycles. The van der Waals surface area contributed by atoms with Gasteiger partial charge in [0.15, 0.2) is 0 Å². The first-order chi connectivity index (χ1) is 8.75. The number of nitrogens with one attached hydrogen (secondary N) is 1. The van der Waals surface area contributed by atoms with E-state index in [0.717, 1.165) is 18.7 Å². The maximum Gasteiger partial charge on any atom is 0.222 e. The first-order valence-corrected chi connectivity index (χ1v) is 6.59. The smallest absolute Gasteiger partial charge is 0.222 e. The second-order valence-corrected chi connectivity index (χ2v) is 5.03. The summed E-state index contributed by atoms with van der Waals surface area (Å²) in [5, 5.41) is 3.35. The summed E-state index contributed by atoms with van der Waals surface area (Å²) in [6.07, 6.45) is 6.57. The van der Waals surface area contributed by atoms with Gasteiger partial charge in [-0.3, -0.25) is 9.78 Å². The van der Waals surface area contributed by atoms with Crippen LogP contribution in [-0.4, -0.2) is 35.9 Å². The van der Waals surface area contributed by atoms with Gasteiger partial charge >= 0.3 is 0 Å². The van der Waals surface area contributed by atoms with Gasteiger partial charge in [0.25, 0.3) is 0 Å². The van der Waals surface area contributed by atoms with Crippen LogP contribution in [0.4, 0.5) is 0 Å². The van der Waals surface area contributed by atoms with Crippen molar-refractivity contribution in [2.24, 2.45) is 5.92 Å². The molecule has 4 heteroatoms. The second-order valence-electron chi connectivity index (χ2n) is 5.03. The van der Waals surface area contributed by atoms with Gasteiger partial charge in [-0.05, 0) is 43.5 Å². The van der Waals surface area contributed by atoms with Crippen molar-refractivity contribution >= 4 is 5.91 Å². The largest absolute Gasteiger partial charge is 0.341 e. The number of hydrogen-bond donors (Lipinski definition) is 1. The molecule has 1 unspecified atom stereocenters. The fraction of sp³-hybridized carbons (Fsp3) is 0.571. The first-order valence-electron chi connectivity index (χ1n) is 6.59. The molecule has 1 amide bonds. The van der Waals surface area contributed by atoms with Crippen LogP contribution in [0, 0.1) is 5.92 Å². The molecular weight excluding hydrogens is 226 g/mol. The molecule has 1 atom stereocenters. The summed E-state index contributed by atoms with van der Waals surface area (Å²) in [6.45, 7) is 2.72. The number of carbonyl (C=O) groups is 1. The Morgan fingerprint density at radius 3 is 3.17 bits per heavy atom. The molecule has 1 aliphatic rings. The van der Waals surface area contributed by atoms with Crippen LogP contribution in [0.3, 0.4) is 0 Å². The molecule has 0 aliphatic carbocycles. The quantitative estimate of drug-likeness (QED) is 0.875. The van der Waals surface area contributed by atoms with Crippen LogP contribution >= 0.6 is 0 Å². The number of aromatic nitrogens is 1. The third kappa shape index (κ3) is 3.81. The van der Waals surface area contributed by atoms with E-state index in [2.05, 4.69) is 10.3 Å². The second kappa shape index (κ2) is 6.50. The minimum absolute atomic E-state index is 0.229. The molecule has 4 nitrogen and oxygen atoms in total. The normalized spacial score (nSPS) is 19.5. The molecule has 1 aliphatic heterocycles. The van der Waals surface area contributed by atoms with Crippen LogP contribution in [0.15, 0.2) is 24.5 Å². The van der Waals surface area contributed by atoms with Crippen molar-refractivity contribution in [1.82, 2.24) is 15.2 Å². The summed E-state index contributed by atoms with van der Waals surface area (Å²) in [6, 6.07) is 3.90. The molecule has 1 aromatic rings. The Balaban J connectivity index is 1.81. The lowest BCUT2D eigenvalue weighted by atomic mass is 9.95. The number of nitrogens with zero attached hydrogens (tertiary/aromatic N) is 2. The van der Waals surface area contributed by atoms with Crippen molar-refractivity contribution in [2.75, 3.05) is 20.1 Å². The molecule has 1 aromatic heterocycles. The van der Waals surface area contributed by atoms with Gasteiger partial charge in [0.2, 0.25) is 5.91 Å². The number of pyridine rings is 1. The fourth-order valence-corrected chi connectivity index (χ4v) is 2.35. The molecule has 2 rings (SSSR count). The Morgan fingerprint density at radius 1 is 1.61 bits per heavy atom.